The SMILES string of the molecule is C[C@H]1Oc2ccccc2CCCCC2(CCN(C(=O)CCC3CCCC3)CC2)CN(C)C1=O. The monoisotopic (exact) mass is 454 g/mol. The van der Waals surface area contributed by atoms with E-state index in [1.165, 1.54) is 31.2 Å². The Balaban J connectivity index is 1.38. The molecule has 0 radical (unpaired) electrons. The standard InChI is InChI=1S/C28H42N2O3/c1-22-27(32)29(2)21-28(16-8-7-12-24-11-5-6-13-25(24)33-22)17-19-30(20-18-28)26(31)15-14-23-9-3-4-10-23/h5-6,11,13,22-23H,3-4,7-10,12,14-21H2,1-2H3/t22-/m1/s1. The number of hydrogen-bond acceptors (Lipinski definition) is 3. The molecule has 4 rings (SSSR count). The highest BCUT2D eigenvalue weighted by atomic mass is 16.5. The van der Waals surface area contributed by atoms with Crippen LogP contribution in [0.15, 0.2) is 24.3 Å². The van der Waals surface area contributed by atoms with Crippen molar-refractivity contribution in [2.24, 2.45) is 11.3 Å². The summed E-state index contributed by atoms with van der Waals surface area (Å²) in [5.74, 6) is 1.99. The zero-order valence-corrected chi connectivity index (χ0v) is 20.7. The Hall–Kier alpha value is -2.04. The summed E-state index contributed by atoms with van der Waals surface area (Å²) in [5.41, 5.74) is 1.29. The lowest BCUT2D eigenvalue weighted by atomic mass is 9.73. The summed E-state index contributed by atoms with van der Waals surface area (Å²) in [6.07, 6.45) is 12.9. The van der Waals surface area contributed by atoms with Gasteiger partial charge in [0.2, 0.25) is 5.91 Å². The van der Waals surface area contributed by atoms with E-state index in [9.17, 15) is 9.59 Å². The molecular weight excluding hydrogens is 412 g/mol. The van der Waals surface area contributed by atoms with E-state index >= 15 is 0 Å². The second-order valence-corrected chi connectivity index (χ2v) is 10.8. The quantitative estimate of drug-likeness (QED) is 0.629. The van der Waals surface area contributed by atoms with E-state index in [-0.39, 0.29) is 11.3 Å². The first kappa shape index (κ1) is 24.1. The maximum Gasteiger partial charge on any atom is 0.263 e. The average molecular weight is 455 g/mol. The number of fused-ring (bicyclic) bond motifs is 1. The summed E-state index contributed by atoms with van der Waals surface area (Å²) >= 11 is 0. The predicted octanol–water partition coefficient (Wildman–Crippen LogP) is 5.22. The largest absolute Gasteiger partial charge is 0.481 e. The number of carbonyl (C=O) groups excluding carboxylic acids is 2. The van der Waals surface area contributed by atoms with Gasteiger partial charge in [-0.1, -0.05) is 50.3 Å². The molecule has 0 unspecified atom stereocenters. The topological polar surface area (TPSA) is 49.9 Å². The van der Waals surface area contributed by atoms with Gasteiger partial charge in [0.05, 0.1) is 0 Å². The summed E-state index contributed by atoms with van der Waals surface area (Å²) in [6, 6.07) is 8.12. The van der Waals surface area contributed by atoms with Crippen LogP contribution in [0.2, 0.25) is 0 Å². The zero-order chi connectivity index (χ0) is 23.3. The third-order valence-electron chi connectivity index (χ3n) is 8.39. The Morgan fingerprint density at radius 1 is 1.06 bits per heavy atom. The van der Waals surface area contributed by atoms with Crippen molar-refractivity contribution in [3.63, 3.8) is 0 Å². The number of ether oxygens (including phenoxy) is 1. The Bertz CT molecular complexity index is 809. The van der Waals surface area contributed by atoms with Crippen LogP contribution >= 0.6 is 0 Å². The van der Waals surface area contributed by atoms with Crippen LogP contribution in [-0.2, 0) is 16.0 Å². The molecule has 3 aliphatic rings. The summed E-state index contributed by atoms with van der Waals surface area (Å²) in [6.45, 7) is 4.28. The smallest absolute Gasteiger partial charge is 0.263 e. The lowest BCUT2D eigenvalue weighted by molar-refractivity contribution is -0.140. The molecule has 33 heavy (non-hydrogen) atoms. The number of hydrogen-bond donors (Lipinski definition) is 0. The molecule has 2 heterocycles. The first-order chi connectivity index (χ1) is 16.0. The van der Waals surface area contributed by atoms with Crippen molar-refractivity contribution in [1.82, 2.24) is 9.80 Å². The third kappa shape index (κ3) is 6.10. The van der Waals surface area contributed by atoms with Crippen molar-refractivity contribution in [2.75, 3.05) is 26.7 Å². The number of rotatable bonds is 3. The molecule has 2 amide bonds. The molecule has 0 bridgehead atoms. The molecule has 0 N–H and O–H groups in total. The van der Waals surface area contributed by atoms with Crippen LogP contribution in [0.1, 0.15) is 83.1 Å². The van der Waals surface area contributed by atoms with Gasteiger partial charge in [0.1, 0.15) is 5.75 Å². The van der Waals surface area contributed by atoms with Gasteiger partial charge in [-0.2, -0.15) is 0 Å². The van der Waals surface area contributed by atoms with Crippen LogP contribution in [-0.4, -0.2) is 54.4 Å². The number of likely N-dealkylation sites (tertiary alicyclic amines) is 1. The van der Waals surface area contributed by atoms with E-state index in [1.54, 1.807) is 0 Å². The fraction of sp³-hybridized carbons (Fsp3) is 0.714. The van der Waals surface area contributed by atoms with Crippen molar-refractivity contribution in [3.05, 3.63) is 29.8 Å². The second kappa shape index (κ2) is 10.9. The fourth-order valence-electron chi connectivity index (χ4n) is 6.28. The first-order valence-corrected chi connectivity index (χ1v) is 13.2. The van der Waals surface area contributed by atoms with Crippen molar-refractivity contribution >= 4 is 11.8 Å². The minimum atomic E-state index is -0.495. The molecule has 1 saturated heterocycles. The van der Waals surface area contributed by atoms with Gasteiger partial charge in [-0.15, -0.1) is 0 Å². The molecule has 2 fully saturated rings. The number of likely N-dealkylation sites (N-methyl/N-ethyl adjacent to an activating group) is 1. The molecule has 0 aromatic heterocycles. The van der Waals surface area contributed by atoms with Gasteiger partial charge in [0.15, 0.2) is 6.10 Å². The Morgan fingerprint density at radius 3 is 2.55 bits per heavy atom. The van der Waals surface area contributed by atoms with Gasteiger partial charge < -0.3 is 14.5 Å². The summed E-state index contributed by atoms with van der Waals surface area (Å²) < 4.78 is 6.10. The van der Waals surface area contributed by atoms with E-state index in [1.807, 2.05) is 37.1 Å². The van der Waals surface area contributed by atoms with Gasteiger partial charge in [-0.05, 0) is 68.4 Å². The number of nitrogens with zero attached hydrogens (tertiary/aromatic N) is 2. The van der Waals surface area contributed by atoms with Gasteiger partial charge in [0.25, 0.3) is 5.91 Å². The van der Waals surface area contributed by atoms with Gasteiger partial charge >= 0.3 is 0 Å². The Labute approximate surface area is 199 Å². The van der Waals surface area contributed by atoms with Crippen molar-refractivity contribution in [3.8, 4) is 5.75 Å². The van der Waals surface area contributed by atoms with Crippen LogP contribution in [0.5, 0.6) is 5.75 Å². The summed E-state index contributed by atoms with van der Waals surface area (Å²) in [4.78, 5) is 29.9. The maximum atomic E-state index is 13.1. The molecule has 2 aliphatic heterocycles. The van der Waals surface area contributed by atoms with E-state index in [0.717, 1.165) is 76.2 Å². The van der Waals surface area contributed by atoms with Gasteiger partial charge in [-0.25, -0.2) is 0 Å². The van der Waals surface area contributed by atoms with E-state index in [2.05, 4.69) is 11.0 Å². The Kier molecular flexibility index (Phi) is 7.98. The second-order valence-electron chi connectivity index (χ2n) is 10.8. The Morgan fingerprint density at radius 2 is 1.79 bits per heavy atom. The van der Waals surface area contributed by atoms with Crippen LogP contribution in [0.25, 0.3) is 0 Å². The van der Waals surface area contributed by atoms with E-state index in [4.69, 9.17) is 4.74 Å². The summed E-state index contributed by atoms with van der Waals surface area (Å²) in [7, 11) is 1.92. The number of carbonyl (C=O) groups is 2. The molecule has 1 aliphatic carbocycles. The van der Waals surface area contributed by atoms with Crippen LogP contribution < -0.4 is 4.74 Å². The van der Waals surface area contributed by atoms with Gasteiger partial charge in [-0.3, -0.25) is 9.59 Å². The molecule has 1 aromatic carbocycles. The van der Waals surface area contributed by atoms with Crippen molar-refractivity contribution in [1.29, 1.82) is 0 Å². The average Bonchev–Trinajstić information content (AvgIpc) is 3.34. The van der Waals surface area contributed by atoms with Crippen molar-refractivity contribution < 1.29 is 14.3 Å². The molecule has 1 spiro atoms. The first-order valence-electron chi connectivity index (χ1n) is 13.2. The number of piperidine rings is 1. The minimum Gasteiger partial charge on any atom is -0.481 e. The van der Waals surface area contributed by atoms with Gasteiger partial charge in [0, 0.05) is 33.1 Å². The maximum absolute atomic E-state index is 13.1. The van der Waals surface area contributed by atoms with E-state index < -0.39 is 6.10 Å². The minimum absolute atomic E-state index is 0.0415. The number of para-hydroxylation sites is 1. The molecule has 1 aromatic rings. The highest BCUT2D eigenvalue weighted by Gasteiger charge is 2.38. The lowest BCUT2D eigenvalue weighted by Gasteiger charge is -2.44. The normalized spacial score (nSPS) is 24.7. The zero-order valence-electron chi connectivity index (χ0n) is 20.7. The highest BCUT2D eigenvalue weighted by molar-refractivity contribution is 5.80. The highest BCUT2D eigenvalue weighted by Crippen LogP contribution is 2.39. The third-order valence-corrected chi connectivity index (χ3v) is 8.39. The molecular formula is C28H42N2O3. The van der Waals surface area contributed by atoms with Crippen LogP contribution in [0, 0.1) is 11.3 Å². The van der Waals surface area contributed by atoms with Crippen LogP contribution in [0.3, 0.4) is 0 Å². The van der Waals surface area contributed by atoms with Crippen LogP contribution in [0.4, 0.5) is 0 Å². The van der Waals surface area contributed by atoms with Crippen molar-refractivity contribution in [2.45, 2.75) is 90.1 Å². The molecule has 182 valence electrons. The predicted molar refractivity (Wildman–Crippen MR) is 131 cm³/mol. The summed E-state index contributed by atoms with van der Waals surface area (Å²) in [5, 5.41) is 0. The molecule has 5 heteroatoms. The fourth-order valence-corrected chi connectivity index (χ4v) is 6.28. The molecule has 1 saturated carbocycles. The number of amides is 2. The number of benzene rings is 1. The molecule has 1 atom stereocenters. The lowest BCUT2D eigenvalue weighted by Crippen LogP contribution is -2.50. The number of aryl methyl sites for hydroxylation is 1. The van der Waals surface area contributed by atoms with E-state index in [0.29, 0.717) is 12.3 Å². The molecule has 5 nitrogen and oxygen atoms in total.